The van der Waals surface area contributed by atoms with Crippen molar-refractivity contribution in [3.05, 3.63) is 40.3 Å². The van der Waals surface area contributed by atoms with Gasteiger partial charge in [0.05, 0.1) is 4.91 Å². The lowest BCUT2D eigenvalue weighted by atomic mass is 9.78. The van der Waals surface area contributed by atoms with Crippen LogP contribution in [0.2, 0.25) is 0 Å². The fourth-order valence-corrected chi connectivity index (χ4v) is 5.02. The molecule has 2 atom stereocenters. The van der Waals surface area contributed by atoms with E-state index in [1.165, 1.54) is 25.7 Å². The SMILES string of the molecule is O=C1NC(=O)/C(=C/c2ccc(C(=O)N3CCC[C@H]4CCCC[C@@H]43)cc2)S1. The lowest BCUT2D eigenvalue weighted by Crippen LogP contribution is -2.49. The average molecular weight is 370 g/mol. The molecule has 5 nitrogen and oxygen atoms in total. The van der Waals surface area contributed by atoms with Crippen molar-refractivity contribution in [2.45, 2.75) is 44.6 Å². The number of carbonyl (C=O) groups excluding carboxylic acids is 3. The van der Waals surface area contributed by atoms with Gasteiger partial charge in [-0.05, 0) is 67.1 Å². The molecule has 3 amide bonds. The lowest BCUT2D eigenvalue weighted by Gasteiger charge is -2.44. The van der Waals surface area contributed by atoms with Crippen molar-refractivity contribution in [2.24, 2.45) is 5.92 Å². The van der Waals surface area contributed by atoms with E-state index in [1.807, 2.05) is 24.3 Å². The zero-order chi connectivity index (χ0) is 18.1. The van der Waals surface area contributed by atoms with Gasteiger partial charge in [-0.3, -0.25) is 19.7 Å². The number of imide groups is 1. The molecule has 3 fully saturated rings. The monoisotopic (exact) mass is 370 g/mol. The van der Waals surface area contributed by atoms with Gasteiger partial charge in [0.25, 0.3) is 17.1 Å². The number of carbonyl (C=O) groups is 3. The highest BCUT2D eigenvalue weighted by molar-refractivity contribution is 8.18. The van der Waals surface area contributed by atoms with Gasteiger partial charge in [-0.1, -0.05) is 25.0 Å². The molecule has 1 aromatic rings. The van der Waals surface area contributed by atoms with Gasteiger partial charge < -0.3 is 4.90 Å². The molecule has 0 unspecified atom stereocenters. The van der Waals surface area contributed by atoms with Crippen molar-refractivity contribution in [3.63, 3.8) is 0 Å². The van der Waals surface area contributed by atoms with Crippen molar-refractivity contribution in [2.75, 3.05) is 6.54 Å². The summed E-state index contributed by atoms with van der Waals surface area (Å²) in [6, 6.07) is 7.70. The van der Waals surface area contributed by atoms with Crippen LogP contribution in [0.5, 0.6) is 0 Å². The number of amides is 3. The maximum atomic E-state index is 13.0. The van der Waals surface area contributed by atoms with Crippen molar-refractivity contribution in [1.82, 2.24) is 10.2 Å². The third kappa shape index (κ3) is 3.43. The van der Waals surface area contributed by atoms with E-state index >= 15 is 0 Å². The van der Waals surface area contributed by atoms with E-state index in [2.05, 4.69) is 10.2 Å². The molecule has 1 aromatic carbocycles. The van der Waals surface area contributed by atoms with E-state index in [1.54, 1.807) is 6.08 Å². The molecule has 0 radical (unpaired) electrons. The highest BCUT2D eigenvalue weighted by atomic mass is 32.2. The number of nitrogens with one attached hydrogen (secondary N) is 1. The molecule has 136 valence electrons. The Labute approximate surface area is 157 Å². The summed E-state index contributed by atoms with van der Waals surface area (Å²) >= 11 is 0.900. The molecule has 2 aliphatic heterocycles. The molecule has 2 heterocycles. The number of thioether (sulfide) groups is 1. The average Bonchev–Trinajstić information content (AvgIpc) is 2.98. The van der Waals surface area contributed by atoms with E-state index in [0.29, 0.717) is 22.4 Å². The van der Waals surface area contributed by atoms with Gasteiger partial charge in [-0.25, -0.2) is 0 Å². The predicted molar refractivity (Wildman–Crippen MR) is 102 cm³/mol. The molecule has 1 N–H and O–H groups in total. The Morgan fingerprint density at radius 1 is 1.08 bits per heavy atom. The number of piperidine rings is 1. The Morgan fingerprint density at radius 2 is 1.81 bits per heavy atom. The minimum absolute atomic E-state index is 0.115. The Morgan fingerprint density at radius 3 is 2.54 bits per heavy atom. The summed E-state index contributed by atoms with van der Waals surface area (Å²) in [6.45, 7) is 0.852. The predicted octanol–water partition coefficient (Wildman–Crippen LogP) is 3.81. The number of hydrogen-bond acceptors (Lipinski definition) is 4. The molecule has 0 spiro atoms. The number of benzene rings is 1. The van der Waals surface area contributed by atoms with Crippen molar-refractivity contribution in [3.8, 4) is 0 Å². The van der Waals surface area contributed by atoms with Crippen LogP contribution in [0, 0.1) is 5.92 Å². The van der Waals surface area contributed by atoms with Gasteiger partial charge >= 0.3 is 0 Å². The first-order valence-corrected chi connectivity index (χ1v) is 10.1. The quantitative estimate of drug-likeness (QED) is 0.804. The summed E-state index contributed by atoms with van der Waals surface area (Å²) in [6.07, 6.45) is 8.91. The number of hydrogen-bond donors (Lipinski definition) is 1. The normalized spacial score (nSPS) is 27.4. The van der Waals surface area contributed by atoms with Crippen LogP contribution in [0.15, 0.2) is 29.2 Å². The molecule has 0 aromatic heterocycles. The first-order chi connectivity index (χ1) is 12.6. The Bertz CT molecular complexity index is 770. The molecule has 6 heteroatoms. The van der Waals surface area contributed by atoms with Crippen LogP contribution >= 0.6 is 11.8 Å². The van der Waals surface area contributed by atoms with Crippen molar-refractivity contribution < 1.29 is 14.4 Å². The zero-order valence-corrected chi connectivity index (χ0v) is 15.4. The minimum atomic E-state index is -0.364. The summed E-state index contributed by atoms with van der Waals surface area (Å²) in [5, 5.41) is 1.90. The highest BCUT2D eigenvalue weighted by Gasteiger charge is 2.35. The second-order valence-electron chi connectivity index (χ2n) is 7.23. The lowest BCUT2D eigenvalue weighted by molar-refractivity contribution is -0.115. The maximum Gasteiger partial charge on any atom is 0.290 e. The van der Waals surface area contributed by atoms with E-state index in [-0.39, 0.29) is 17.1 Å². The van der Waals surface area contributed by atoms with Crippen LogP contribution in [-0.4, -0.2) is 34.5 Å². The molecule has 1 saturated carbocycles. The minimum Gasteiger partial charge on any atom is -0.335 e. The molecule has 3 aliphatic rings. The summed E-state index contributed by atoms with van der Waals surface area (Å²) in [7, 11) is 0. The zero-order valence-electron chi connectivity index (χ0n) is 14.6. The Balaban J connectivity index is 1.49. The second-order valence-corrected chi connectivity index (χ2v) is 8.24. The number of rotatable bonds is 2. The summed E-state index contributed by atoms with van der Waals surface area (Å²) in [5.74, 6) is 0.418. The maximum absolute atomic E-state index is 13.0. The standard InChI is InChI=1S/C20H22N2O3S/c23-18-17(26-20(25)21-18)12-13-7-9-15(10-8-13)19(24)22-11-3-5-14-4-1-2-6-16(14)22/h7-10,12,14,16H,1-6,11H2,(H,21,23,25)/b17-12-/t14-,16+/m1/s1. The topological polar surface area (TPSA) is 66.5 Å². The Kier molecular flexibility index (Phi) is 4.85. The van der Waals surface area contributed by atoms with Crippen LogP contribution < -0.4 is 5.32 Å². The molecule has 1 aliphatic carbocycles. The summed E-state index contributed by atoms with van der Waals surface area (Å²) in [4.78, 5) is 38.3. The molecule has 4 rings (SSSR count). The van der Waals surface area contributed by atoms with Gasteiger partial charge in [0.1, 0.15) is 0 Å². The molecular weight excluding hydrogens is 348 g/mol. The fraction of sp³-hybridized carbons (Fsp3) is 0.450. The second kappa shape index (κ2) is 7.27. The highest BCUT2D eigenvalue weighted by Crippen LogP contribution is 2.36. The van der Waals surface area contributed by atoms with Crippen LogP contribution in [-0.2, 0) is 4.79 Å². The molecule has 2 saturated heterocycles. The van der Waals surface area contributed by atoms with Gasteiger partial charge in [-0.2, -0.15) is 0 Å². The fourth-order valence-electron chi connectivity index (χ4n) is 4.34. The first-order valence-electron chi connectivity index (χ1n) is 9.28. The third-order valence-electron chi connectivity index (χ3n) is 5.60. The van der Waals surface area contributed by atoms with Crippen LogP contribution in [0.1, 0.15) is 54.4 Å². The van der Waals surface area contributed by atoms with Crippen molar-refractivity contribution in [1.29, 1.82) is 0 Å². The molecular formula is C20H22N2O3S. The van der Waals surface area contributed by atoms with Gasteiger partial charge in [0.15, 0.2) is 0 Å². The number of fused-ring (bicyclic) bond motifs is 1. The summed E-state index contributed by atoms with van der Waals surface area (Å²) in [5.41, 5.74) is 1.50. The van der Waals surface area contributed by atoms with Crippen LogP contribution in [0.4, 0.5) is 4.79 Å². The van der Waals surface area contributed by atoms with E-state index < -0.39 is 0 Å². The van der Waals surface area contributed by atoms with E-state index in [0.717, 1.165) is 36.7 Å². The largest absolute Gasteiger partial charge is 0.335 e. The van der Waals surface area contributed by atoms with Gasteiger partial charge in [0.2, 0.25) is 0 Å². The van der Waals surface area contributed by atoms with Crippen molar-refractivity contribution >= 4 is 34.9 Å². The number of likely N-dealkylation sites (tertiary alicyclic amines) is 1. The van der Waals surface area contributed by atoms with Gasteiger partial charge in [-0.15, -0.1) is 0 Å². The van der Waals surface area contributed by atoms with Gasteiger partial charge in [0, 0.05) is 18.2 Å². The van der Waals surface area contributed by atoms with Crippen LogP contribution in [0.25, 0.3) is 6.08 Å². The van der Waals surface area contributed by atoms with E-state index in [4.69, 9.17) is 0 Å². The third-order valence-corrected chi connectivity index (χ3v) is 6.41. The smallest absolute Gasteiger partial charge is 0.290 e. The van der Waals surface area contributed by atoms with Crippen LogP contribution in [0.3, 0.4) is 0 Å². The Hall–Kier alpha value is -2.08. The molecule has 26 heavy (non-hydrogen) atoms. The first kappa shape index (κ1) is 17.3. The van der Waals surface area contributed by atoms with E-state index in [9.17, 15) is 14.4 Å². The number of nitrogens with zero attached hydrogens (tertiary/aromatic N) is 1. The molecule has 0 bridgehead atoms. The summed E-state index contributed by atoms with van der Waals surface area (Å²) < 4.78 is 0.